The van der Waals surface area contributed by atoms with Crippen molar-refractivity contribution >= 4 is 17.0 Å². The van der Waals surface area contributed by atoms with Crippen LogP contribution in [-0.2, 0) is 0 Å². The number of benzene rings is 1. The highest BCUT2D eigenvalue weighted by atomic mass is 19.1. The average Bonchev–Trinajstić information content (AvgIpc) is 2.86. The summed E-state index contributed by atoms with van der Waals surface area (Å²) in [7, 11) is 0. The molecule has 2 aromatic heterocycles. The Bertz CT molecular complexity index is 784. The summed E-state index contributed by atoms with van der Waals surface area (Å²) in [6.07, 6.45) is 0. The fraction of sp³-hybridized carbons (Fsp3) is 0. The molecule has 0 aliphatic carbocycles. The van der Waals surface area contributed by atoms with Gasteiger partial charge in [0.1, 0.15) is 22.7 Å². The van der Waals surface area contributed by atoms with Crippen LogP contribution in [0.15, 0.2) is 30.3 Å². The molecule has 94 valence electrons. The minimum atomic E-state index is -1.20. The maximum absolute atomic E-state index is 13.7. The smallest absolute Gasteiger partial charge is 0.354 e. The zero-order chi connectivity index (χ0) is 13.4. The lowest BCUT2D eigenvalue weighted by Gasteiger charge is -2.03. The Kier molecular flexibility index (Phi) is 2.45. The van der Waals surface area contributed by atoms with Crippen LogP contribution in [-0.4, -0.2) is 31.5 Å². The number of carboxylic acid groups (broad SMARTS) is 1. The van der Waals surface area contributed by atoms with Crippen LogP contribution in [0, 0.1) is 5.82 Å². The maximum Gasteiger partial charge on any atom is 0.354 e. The number of aromatic amines is 1. The van der Waals surface area contributed by atoms with Crippen molar-refractivity contribution in [2.24, 2.45) is 0 Å². The third kappa shape index (κ3) is 1.90. The van der Waals surface area contributed by atoms with Crippen molar-refractivity contribution in [2.45, 2.75) is 0 Å². The molecule has 0 aliphatic rings. The Morgan fingerprint density at radius 3 is 2.89 bits per heavy atom. The summed E-state index contributed by atoms with van der Waals surface area (Å²) >= 11 is 0. The molecule has 1 aromatic carbocycles. The fourth-order valence-corrected chi connectivity index (χ4v) is 1.75. The van der Waals surface area contributed by atoms with E-state index >= 15 is 0 Å². The van der Waals surface area contributed by atoms with E-state index in [0.717, 1.165) is 12.1 Å². The number of aromatic nitrogens is 4. The van der Waals surface area contributed by atoms with Crippen molar-refractivity contribution in [3.05, 3.63) is 41.8 Å². The highest BCUT2D eigenvalue weighted by molar-refractivity contribution is 5.86. The first-order valence-electron chi connectivity index (χ1n) is 5.36. The number of rotatable bonds is 2. The molecule has 0 fully saturated rings. The van der Waals surface area contributed by atoms with Crippen molar-refractivity contribution in [3.8, 4) is 11.3 Å². The fourth-order valence-electron chi connectivity index (χ4n) is 1.75. The molecule has 0 atom stereocenters. The van der Waals surface area contributed by atoms with Crippen LogP contribution in [0.2, 0.25) is 0 Å². The number of halogens is 1. The van der Waals surface area contributed by atoms with Crippen LogP contribution in [0.1, 0.15) is 10.5 Å². The van der Waals surface area contributed by atoms with Crippen LogP contribution in [0.4, 0.5) is 4.39 Å². The summed E-state index contributed by atoms with van der Waals surface area (Å²) in [4.78, 5) is 14.7. The predicted molar refractivity (Wildman–Crippen MR) is 64.0 cm³/mol. The van der Waals surface area contributed by atoms with Gasteiger partial charge in [-0.15, -0.1) is 5.10 Å². The highest BCUT2D eigenvalue weighted by Crippen LogP contribution is 2.23. The van der Waals surface area contributed by atoms with Crippen molar-refractivity contribution in [3.63, 3.8) is 0 Å². The Morgan fingerprint density at radius 2 is 2.11 bits per heavy atom. The number of hydrogen-bond acceptors (Lipinski definition) is 4. The van der Waals surface area contributed by atoms with Crippen LogP contribution in [0.25, 0.3) is 22.3 Å². The second kappa shape index (κ2) is 4.13. The number of carbonyl (C=O) groups is 1. The normalized spacial score (nSPS) is 10.8. The van der Waals surface area contributed by atoms with Gasteiger partial charge in [0.2, 0.25) is 0 Å². The summed E-state index contributed by atoms with van der Waals surface area (Å²) in [5, 5.41) is 19.0. The van der Waals surface area contributed by atoms with Gasteiger partial charge in [-0.2, -0.15) is 0 Å². The lowest BCUT2D eigenvalue weighted by molar-refractivity contribution is 0.0690. The predicted octanol–water partition coefficient (Wildman–Crippen LogP) is 1.86. The van der Waals surface area contributed by atoms with Crippen LogP contribution in [0.3, 0.4) is 0 Å². The Balaban J connectivity index is 2.19. The van der Waals surface area contributed by atoms with Gasteiger partial charge in [-0.3, -0.25) is 5.10 Å². The van der Waals surface area contributed by atoms with Gasteiger partial charge in [0.15, 0.2) is 0 Å². The molecule has 3 aromatic rings. The first kappa shape index (κ1) is 11.3. The molecular formula is C12H7FN4O2. The molecule has 0 amide bonds. The van der Waals surface area contributed by atoms with E-state index in [1.165, 1.54) is 0 Å². The summed E-state index contributed by atoms with van der Waals surface area (Å²) in [6, 6.07) is 7.10. The van der Waals surface area contributed by atoms with Crippen molar-refractivity contribution in [1.82, 2.24) is 20.4 Å². The molecule has 2 heterocycles. The zero-order valence-corrected chi connectivity index (χ0v) is 9.46. The second-order valence-electron chi connectivity index (χ2n) is 3.88. The molecule has 0 radical (unpaired) electrons. The Hall–Kier alpha value is -2.83. The third-order valence-corrected chi connectivity index (χ3v) is 2.66. The zero-order valence-electron chi connectivity index (χ0n) is 9.46. The average molecular weight is 258 g/mol. The molecule has 7 heteroatoms. The van der Waals surface area contributed by atoms with E-state index in [1.807, 2.05) is 0 Å². The molecule has 0 saturated carbocycles. The van der Waals surface area contributed by atoms with Gasteiger partial charge in [0, 0.05) is 5.56 Å². The Morgan fingerprint density at radius 1 is 1.26 bits per heavy atom. The summed E-state index contributed by atoms with van der Waals surface area (Å²) in [6.45, 7) is 0. The van der Waals surface area contributed by atoms with Crippen molar-refractivity contribution < 1.29 is 14.3 Å². The topological polar surface area (TPSA) is 91.8 Å². The molecule has 0 aliphatic heterocycles. The lowest BCUT2D eigenvalue weighted by Crippen LogP contribution is -2.02. The van der Waals surface area contributed by atoms with E-state index in [-0.39, 0.29) is 11.4 Å². The molecule has 3 rings (SSSR count). The quantitative estimate of drug-likeness (QED) is 0.731. The number of fused-ring (bicyclic) bond motifs is 1. The van der Waals surface area contributed by atoms with Gasteiger partial charge in [0.05, 0.1) is 5.52 Å². The van der Waals surface area contributed by atoms with E-state index < -0.39 is 11.8 Å². The van der Waals surface area contributed by atoms with Gasteiger partial charge in [-0.25, -0.2) is 14.2 Å². The molecule has 6 nitrogen and oxygen atoms in total. The second-order valence-corrected chi connectivity index (χ2v) is 3.88. The van der Waals surface area contributed by atoms with Gasteiger partial charge in [0.25, 0.3) is 0 Å². The summed E-state index contributed by atoms with van der Waals surface area (Å²) < 4.78 is 13.7. The number of hydrogen-bond donors (Lipinski definition) is 2. The van der Waals surface area contributed by atoms with Gasteiger partial charge in [-0.05, 0) is 24.3 Å². The SMILES string of the molecule is O=C(O)c1ccc(F)c(-c2ccc3[nH]nnc3c2)n1. The van der Waals surface area contributed by atoms with E-state index in [9.17, 15) is 9.18 Å². The number of aromatic carboxylic acids is 1. The van der Waals surface area contributed by atoms with Crippen LogP contribution in [0.5, 0.6) is 0 Å². The van der Waals surface area contributed by atoms with Gasteiger partial charge in [-0.1, -0.05) is 11.3 Å². The van der Waals surface area contributed by atoms with Crippen LogP contribution >= 0.6 is 0 Å². The highest BCUT2D eigenvalue weighted by Gasteiger charge is 2.13. The van der Waals surface area contributed by atoms with Crippen molar-refractivity contribution in [1.29, 1.82) is 0 Å². The minimum absolute atomic E-state index is 0.0233. The lowest BCUT2D eigenvalue weighted by atomic mass is 10.1. The number of H-pyrrole nitrogens is 1. The summed E-state index contributed by atoms with van der Waals surface area (Å²) in [5.74, 6) is -1.79. The van der Waals surface area contributed by atoms with E-state index in [2.05, 4.69) is 20.4 Å². The Labute approximate surface area is 105 Å². The summed E-state index contributed by atoms with van der Waals surface area (Å²) in [5.41, 5.74) is 1.47. The molecule has 0 unspecified atom stereocenters. The molecule has 0 bridgehead atoms. The van der Waals surface area contributed by atoms with E-state index in [1.54, 1.807) is 18.2 Å². The number of carboxylic acids is 1. The van der Waals surface area contributed by atoms with E-state index in [4.69, 9.17) is 5.11 Å². The first-order chi connectivity index (χ1) is 9.15. The minimum Gasteiger partial charge on any atom is -0.477 e. The maximum atomic E-state index is 13.7. The molecule has 0 spiro atoms. The van der Waals surface area contributed by atoms with E-state index in [0.29, 0.717) is 16.6 Å². The molecule has 2 N–H and O–H groups in total. The third-order valence-electron chi connectivity index (χ3n) is 2.66. The monoisotopic (exact) mass is 258 g/mol. The van der Waals surface area contributed by atoms with Gasteiger partial charge >= 0.3 is 5.97 Å². The largest absolute Gasteiger partial charge is 0.477 e. The van der Waals surface area contributed by atoms with Crippen molar-refractivity contribution in [2.75, 3.05) is 0 Å². The standard InChI is InChI=1S/C12H7FN4O2/c13-7-2-4-9(12(18)19)14-11(7)6-1-3-8-10(5-6)16-17-15-8/h1-5H,(H,18,19)(H,15,16,17). The van der Waals surface area contributed by atoms with Gasteiger partial charge < -0.3 is 5.11 Å². The molecular weight excluding hydrogens is 251 g/mol. The molecule has 19 heavy (non-hydrogen) atoms. The van der Waals surface area contributed by atoms with Crippen LogP contribution < -0.4 is 0 Å². The first-order valence-corrected chi connectivity index (χ1v) is 5.36. The number of pyridine rings is 1. The number of nitrogens with one attached hydrogen (secondary N) is 1. The number of nitrogens with zero attached hydrogens (tertiary/aromatic N) is 3. The molecule has 0 saturated heterocycles.